The zero-order valence-corrected chi connectivity index (χ0v) is 14.1. The first-order valence-electron chi connectivity index (χ1n) is 8.51. The average molecular weight is 367 g/mol. The molecule has 1 aromatic heterocycles. The maximum atomic E-state index is 12.1. The van der Waals surface area contributed by atoms with Crippen molar-refractivity contribution in [2.45, 2.75) is 38.5 Å². The Morgan fingerprint density at radius 1 is 1.31 bits per heavy atom. The number of nitrogens with zero attached hydrogens (tertiary/aromatic N) is 1. The van der Waals surface area contributed by atoms with Crippen molar-refractivity contribution in [2.75, 3.05) is 6.54 Å². The third-order valence-corrected chi connectivity index (χ3v) is 4.49. The van der Waals surface area contributed by atoms with Gasteiger partial charge in [-0.25, -0.2) is 4.98 Å². The minimum Gasteiger partial charge on any atom is -0.406 e. The molecule has 1 atom stereocenters. The smallest absolute Gasteiger partial charge is 0.406 e. The van der Waals surface area contributed by atoms with Crippen LogP contribution < -0.4 is 10.1 Å². The van der Waals surface area contributed by atoms with Crippen molar-refractivity contribution in [3.8, 4) is 5.75 Å². The molecule has 1 amide bonds. The van der Waals surface area contributed by atoms with Crippen LogP contribution in [0.25, 0.3) is 0 Å². The molecule has 1 aromatic carbocycles. The van der Waals surface area contributed by atoms with Gasteiger partial charge in [0.05, 0.1) is 18.4 Å². The molecule has 1 unspecified atom stereocenters. The van der Waals surface area contributed by atoms with E-state index in [4.69, 9.17) is 0 Å². The van der Waals surface area contributed by atoms with E-state index >= 15 is 0 Å². The minimum atomic E-state index is -4.71. The van der Waals surface area contributed by atoms with Crippen molar-refractivity contribution in [3.63, 3.8) is 0 Å². The standard InChI is InChI=1S/C18H20F3N3O2/c19-18(20,21)26-14-4-1-12(2-5-14)10-17(25)22-8-7-13-3-6-15-16(9-13)24-11-23-15/h1-2,4-5,11,13H,3,6-10H2,(H,22,25)(H,23,24). The van der Waals surface area contributed by atoms with Crippen molar-refractivity contribution in [1.29, 1.82) is 0 Å². The average Bonchev–Trinajstić information content (AvgIpc) is 3.03. The molecule has 0 saturated carbocycles. The molecule has 0 aliphatic heterocycles. The second-order valence-electron chi connectivity index (χ2n) is 6.44. The summed E-state index contributed by atoms with van der Waals surface area (Å²) in [6.45, 7) is 0.582. The van der Waals surface area contributed by atoms with Crippen LogP contribution in [0, 0.1) is 5.92 Å². The van der Waals surface area contributed by atoms with Gasteiger partial charge in [-0.1, -0.05) is 12.1 Å². The Morgan fingerprint density at radius 2 is 2.08 bits per heavy atom. The number of rotatable bonds is 6. The highest BCUT2D eigenvalue weighted by Gasteiger charge is 2.31. The van der Waals surface area contributed by atoms with Crippen LogP contribution >= 0.6 is 0 Å². The molecular formula is C18H20F3N3O2. The summed E-state index contributed by atoms with van der Waals surface area (Å²) >= 11 is 0. The molecule has 26 heavy (non-hydrogen) atoms. The number of imidazole rings is 1. The fourth-order valence-electron chi connectivity index (χ4n) is 3.18. The topological polar surface area (TPSA) is 67.0 Å². The normalized spacial score (nSPS) is 16.8. The summed E-state index contributed by atoms with van der Waals surface area (Å²) in [5, 5.41) is 2.87. The fraction of sp³-hybridized carbons (Fsp3) is 0.444. The summed E-state index contributed by atoms with van der Waals surface area (Å²) in [6.07, 6.45) is 1.01. The first-order chi connectivity index (χ1) is 12.4. The van der Waals surface area contributed by atoms with E-state index < -0.39 is 6.36 Å². The molecule has 0 spiro atoms. The number of carbonyl (C=O) groups excluding carboxylic acids is 1. The van der Waals surface area contributed by atoms with Crippen LogP contribution in [0.15, 0.2) is 30.6 Å². The Kier molecular flexibility index (Phi) is 5.49. The van der Waals surface area contributed by atoms with Crippen LogP contribution in [-0.2, 0) is 24.1 Å². The highest BCUT2D eigenvalue weighted by molar-refractivity contribution is 5.78. The zero-order chi connectivity index (χ0) is 18.6. The lowest BCUT2D eigenvalue weighted by atomic mass is 9.87. The van der Waals surface area contributed by atoms with Gasteiger partial charge in [-0.05, 0) is 49.3 Å². The molecule has 0 saturated heterocycles. The molecule has 5 nitrogen and oxygen atoms in total. The van der Waals surface area contributed by atoms with Gasteiger partial charge in [0, 0.05) is 12.2 Å². The molecule has 2 N–H and O–H groups in total. The van der Waals surface area contributed by atoms with Gasteiger partial charge >= 0.3 is 6.36 Å². The molecule has 2 aromatic rings. The summed E-state index contributed by atoms with van der Waals surface area (Å²) in [4.78, 5) is 19.4. The van der Waals surface area contributed by atoms with Crippen molar-refractivity contribution < 1.29 is 22.7 Å². The Labute approximate surface area is 149 Å². The first-order valence-corrected chi connectivity index (χ1v) is 8.51. The number of amides is 1. The SMILES string of the molecule is O=C(Cc1ccc(OC(F)(F)F)cc1)NCCC1CCc2[nH]cnc2C1. The number of H-pyrrole nitrogens is 1. The van der Waals surface area contributed by atoms with Gasteiger partial charge in [0.2, 0.25) is 5.91 Å². The van der Waals surface area contributed by atoms with Gasteiger partial charge in [0.15, 0.2) is 0 Å². The van der Waals surface area contributed by atoms with Crippen molar-refractivity contribution in [3.05, 3.63) is 47.5 Å². The molecule has 0 bridgehead atoms. The molecule has 1 aliphatic carbocycles. The second kappa shape index (κ2) is 7.80. The molecule has 0 radical (unpaired) electrons. The highest BCUT2D eigenvalue weighted by Crippen LogP contribution is 2.25. The van der Waals surface area contributed by atoms with Crippen LogP contribution in [0.1, 0.15) is 29.8 Å². The summed E-state index contributed by atoms with van der Waals surface area (Å²) < 4.78 is 40.2. The van der Waals surface area contributed by atoms with E-state index in [1.807, 2.05) is 0 Å². The lowest BCUT2D eigenvalue weighted by molar-refractivity contribution is -0.274. The molecule has 1 heterocycles. The van der Waals surface area contributed by atoms with Crippen LogP contribution in [0.2, 0.25) is 0 Å². The van der Waals surface area contributed by atoms with Crippen molar-refractivity contribution in [2.24, 2.45) is 5.92 Å². The van der Waals surface area contributed by atoms with Gasteiger partial charge in [-0.2, -0.15) is 0 Å². The van der Waals surface area contributed by atoms with Gasteiger partial charge < -0.3 is 15.0 Å². The highest BCUT2D eigenvalue weighted by atomic mass is 19.4. The Hall–Kier alpha value is -2.51. The maximum Gasteiger partial charge on any atom is 0.573 e. The van der Waals surface area contributed by atoms with Crippen molar-refractivity contribution in [1.82, 2.24) is 15.3 Å². The van der Waals surface area contributed by atoms with E-state index in [1.165, 1.54) is 30.0 Å². The predicted molar refractivity (Wildman–Crippen MR) is 88.6 cm³/mol. The van der Waals surface area contributed by atoms with E-state index in [-0.39, 0.29) is 18.1 Å². The monoisotopic (exact) mass is 367 g/mol. The number of hydrogen-bond donors (Lipinski definition) is 2. The van der Waals surface area contributed by atoms with Crippen LogP contribution in [-0.4, -0.2) is 28.8 Å². The maximum absolute atomic E-state index is 12.1. The number of carbonyl (C=O) groups is 1. The van der Waals surface area contributed by atoms with E-state index in [1.54, 1.807) is 6.33 Å². The number of aromatic nitrogens is 2. The molecule has 3 rings (SSSR count). The number of ether oxygens (including phenoxy) is 1. The van der Waals surface area contributed by atoms with E-state index in [9.17, 15) is 18.0 Å². The summed E-state index contributed by atoms with van der Waals surface area (Å²) in [5.41, 5.74) is 2.97. The van der Waals surface area contributed by atoms with Crippen LogP contribution in [0.3, 0.4) is 0 Å². The summed E-state index contributed by atoms with van der Waals surface area (Å²) in [7, 11) is 0. The largest absolute Gasteiger partial charge is 0.573 e. The Balaban J connectivity index is 1.39. The lowest BCUT2D eigenvalue weighted by Gasteiger charge is -2.21. The van der Waals surface area contributed by atoms with Crippen LogP contribution in [0.5, 0.6) is 5.75 Å². The molecule has 8 heteroatoms. The van der Waals surface area contributed by atoms with E-state index in [2.05, 4.69) is 20.0 Å². The van der Waals surface area contributed by atoms with E-state index in [0.29, 0.717) is 18.0 Å². The van der Waals surface area contributed by atoms with Gasteiger partial charge in [0.1, 0.15) is 5.75 Å². The first kappa shape index (κ1) is 18.3. The number of aromatic amines is 1. The van der Waals surface area contributed by atoms with E-state index in [0.717, 1.165) is 31.4 Å². The Morgan fingerprint density at radius 3 is 2.81 bits per heavy atom. The molecule has 1 aliphatic rings. The molecule has 140 valence electrons. The minimum absolute atomic E-state index is 0.125. The van der Waals surface area contributed by atoms with Crippen LogP contribution in [0.4, 0.5) is 13.2 Å². The quantitative estimate of drug-likeness (QED) is 0.824. The zero-order valence-electron chi connectivity index (χ0n) is 14.1. The number of nitrogens with one attached hydrogen (secondary N) is 2. The third kappa shape index (κ3) is 5.24. The van der Waals surface area contributed by atoms with Gasteiger partial charge in [-0.3, -0.25) is 4.79 Å². The Bertz CT molecular complexity index is 741. The number of aryl methyl sites for hydroxylation is 1. The summed E-state index contributed by atoms with van der Waals surface area (Å²) in [5.74, 6) is 0.0624. The number of benzene rings is 1. The second-order valence-corrected chi connectivity index (χ2v) is 6.44. The fourth-order valence-corrected chi connectivity index (χ4v) is 3.18. The van der Waals surface area contributed by atoms with Crippen molar-refractivity contribution >= 4 is 5.91 Å². The van der Waals surface area contributed by atoms with Gasteiger partial charge in [0.25, 0.3) is 0 Å². The number of halogens is 3. The lowest BCUT2D eigenvalue weighted by Crippen LogP contribution is -2.28. The predicted octanol–water partition coefficient (Wildman–Crippen LogP) is 3.16. The third-order valence-electron chi connectivity index (χ3n) is 4.49. The number of fused-ring (bicyclic) bond motifs is 1. The van der Waals surface area contributed by atoms with Gasteiger partial charge in [-0.15, -0.1) is 13.2 Å². The number of hydrogen-bond acceptors (Lipinski definition) is 3. The molecule has 0 fully saturated rings. The molecular weight excluding hydrogens is 347 g/mol. The summed E-state index contributed by atoms with van der Waals surface area (Å²) in [6, 6.07) is 5.33. The number of alkyl halides is 3.